The summed E-state index contributed by atoms with van der Waals surface area (Å²) in [6.07, 6.45) is 0.931. The maximum Gasteiger partial charge on any atom is 0.0314 e. The largest absolute Gasteiger partial charge is 0.399 e. The molecule has 0 aliphatic carbocycles. The molecular formula is C8H15N3. The predicted octanol–water partition coefficient (Wildman–Crippen LogP) is 0.932. The Labute approximate surface area is 67.0 Å². The van der Waals surface area contributed by atoms with Gasteiger partial charge in [-0.2, -0.15) is 0 Å². The average molecular weight is 153 g/mol. The summed E-state index contributed by atoms with van der Waals surface area (Å²) >= 11 is 0. The molecular weight excluding hydrogens is 138 g/mol. The van der Waals surface area contributed by atoms with Crippen molar-refractivity contribution in [2.45, 2.75) is 6.42 Å². The summed E-state index contributed by atoms with van der Waals surface area (Å²) < 4.78 is 0. The quantitative estimate of drug-likeness (QED) is 0.552. The highest BCUT2D eigenvalue weighted by Crippen LogP contribution is 2.04. The van der Waals surface area contributed by atoms with Gasteiger partial charge < -0.3 is 17.6 Å². The minimum absolute atomic E-state index is 0. The number of nitrogen functional groups attached to an aromatic ring is 1. The van der Waals surface area contributed by atoms with Crippen molar-refractivity contribution in [3.8, 4) is 0 Å². The molecule has 0 unspecified atom stereocenters. The number of hydrogen-bond donors (Lipinski definition) is 3. The van der Waals surface area contributed by atoms with Crippen LogP contribution in [-0.4, -0.2) is 6.54 Å². The lowest BCUT2D eigenvalue weighted by Crippen LogP contribution is -2.02. The second-order valence-electron chi connectivity index (χ2n) is 2.28. The lowest BCUT2D eigenvalue weighted by Gasteiger charge is -1.97. The van der Waals surface area contributed by atoms with E-state index in [0.717, 1.165) is 12.1 Å². The van der Waals surface area contributed by atoms with Crippen LogP contribution < -0.4 is 17.6 Å². The number of nitrogens with two attached hydrogens (primary N) is 2. The topological polar surface area (TPSA) is 87.0 Å². The van der Waals surface area contributed by atoms with Gasteiger partial charge in [-0.15, -0.1) is 0 Å². The highest BCUT2D eigenvalue weighted by Gasteiger charge is 1.88. The smallest absolute Gasteiger partial charge is 0.0314 e. The molecule has 0 atom stereocenters. The molecule has 0 heterocycles. The fourth-order valence-corrected chi connectivity index (χ4v) is 0.851. The summed E-state index contributed by atoms with van der Waals surface area (Å²) in [5.74, 6) is 0. The van der Waals surface area contributed by atoms with E-state index in [4.69, 9.17) is 11.5 Å². The SMILES string of the molecule is N.NCCc1ccc(N)cc1. The first kappa shape index (κ1) is 9.94. The summed E-state index contributed by atoms with van der Waals surface area (Å²) in [6.45, 7) is 0.698. The van der Waals surface area contributed by atoms with Crippen LogP contribution in [0.15, 0.2) is 24.3 Å². The second kappa shape index (κ2) is 4.71. The van der Waals surface area contributed by atoms with Gasteiger partial charge in [0.05, 0.1) is 0 Å². The van der Waals surface area contributed by atoms with Crippen molar-refractivity contribution in [1.82, 2.24) is 6.15 Å². The summed E-state index contributed by atoms with van der Waals surface area (Å²) in [5.41, 5.74) is 12.9. The highest BCUT2D eigenvalue weighted by molar-refractivity contribution is 5.39. The van der Waals surface area contributed by atoms with Gasteiger partial charge in [-0.3, -0.25) is 0 Å². The number of rotatable bonds is 2. The van der Waals surface area contributed by atoms with Crippen molar-refractivity contribution < 1.29 is 0 Å². The molecule has 3 heteroatoms. The Hall–Kier alpha value is -1.06. The molecule has 1 aromatic rings. The van der Waals surface area contributed by atoms with E-state index in [9.17, 15) is 0 Å². The Balaban J connectivity index is 0.000001000. The first-order valence-corrected chi connectivity index (χ1v) is 3.37. The van der Waals surface area contributed by atoms with Crippen LogP contribution in [0.2, 0.25) is 0 Å². The third kappa shape index (κ3) is 3.02. The minimum atomic E-state index is 0. The zero-order chi connectivity index (χ0) is 7.40. The van der Waals surface area contributed by atoms with Gasteiger partial charge in [0.25, 0.3) is 0 Å². The Morgan fingerprint density at radius 1 is 1.09 bits per heavy atom. The van der Waals surface area contributed by atoms with E-state index in [1.165, 1.54) is 5.56 Å². The zero-order valence-corrected chi connectivity index (χ0v) is 6.59. The van der Waals surface area contributed by atoms with Crippen LogP contribution in [0.5, 0.6) is 0 Å². The highest BCUT2D eigenvalue weighted by atomic mass is 14.5. The fourth-order valence-electron chi connectivity index (χ4n) is 0.851. The van der Waals surface area contributed by atoms with Gasteiger partial charge in [0, 0.05) is 5.69 Å². The summed E-state index contributed by atoms with van der Waals surface area (Å²) in [7, 11) is 0. The van der Waals surface area contributed by atoms with Crippen LogP contribution >= 0.6 is 0 Å². The van der Waals surface area contributed by atoms with E-state index in [1.54, 1.807) is 0 Å². The van der Waals surface area contributed by atoms with Gasteiger partial charge in [-0.25, -0.2) is 0 Å². The molecule has 0 aromatic heterocycles. The van der Waals surface area contributed by atoms with Crippen LogP contribution in [0.3, 0.4) is 0 Å². The third-order valence-electron chi connectivity index (χ3n) is 1.41. The Morgan fingerprint density at radius 3 is 2.09 bits per heavy atom. The van der Waals surface area contributed by atoms with Crippen molar-refractivity contribution >= 4 is 5.69 Å². The van der Waals surface area contributed by atoms with E-state index < -0.39 is 0 Å². The molecule has 0 aliphatic heterocycles. The van der Waals surface area contributed by atoms with Crippen LogP contribution in [0.4, 0.5) is 5.69 Å². The van der Waals surface area contributed by atoms with Gasteiger partial charge in [0.15, 0.2) is 0 Å². The molecule has 3 nitrogen and oxygen atoms in total. The molecule has 0 saturated carbocycles. The monoisotopic (exact) mass is 153 g/mol. The van der Waals surface area contributed by atoms with E-state index in [2.05, 4.69) is 0 Å². The van der Waals surface area contributed by atoms with Crippen molar-refractivity contribution in [2.75, 3.05) is 12.3 Å². The molecule has 0 radical (unpaired) electrons. The van der Waals surface area contributed by atoms with Crippen LogP contribution in [0.25, 0.3) is 0 Å². The first-order valence-electron chi connectivity index (χ1n) is 3.37. The normalized spacial score (nSPS) is 8.82. The van der Waals surface area contributed by atoms with Crippen LogP contribution in [-0.2, 0) is 6.42 Å². The maximum absolute atomic E-state index is 5.49. The lowest BCUT2D eigenvalue weighted by atomic mass is 10.1. The fraction of sp³-hybridized carbons (Fsp3) is 0.250. The molecule has 0 saturated heterocycles. The molecule has 0 spiro atoms. The van der Waals surface area contributed by atoms with Crippen molar-refractivity contribution in [3.63, 3.8) is 0 Å². The summed E-state index contributed by atoms with van der Waals surface area (Å²) in [5, 5.41) is 0. The molecule has 62 valence electrons. The Morgan fingerprint density at radius 2 is 1.64 bits per heavy atom. The Kier molecular flexibility index (Phi) is 4.26. The third-order valence-corrected chi connectivity index (χ3v) is 1.41. The zero-order valence-electron chi connectivity index (χ0n) is 6.59. The maximum atomic E-state index is 5.49. The van der Waals surface area contributed by atoms with E-state index in [-0.39, 0.29) is 6.15 Å². The number of benzene rings is 1. The summed E-state index contributed by atoms with van der Waals surface area (Å²) in [4.78, 5) is 0. The molecule has 1 rings (SSSR count). The average Bonchev–Trinajstić information content (AvgIpc) is 1.95. The molecule has 0 amide bonds. The minimum Gasteiger partial charge on any atom is -0.399 e. The predicted molar refractivity (Wildman–Crippen MR) is 48.6 cm³/mol. The van der Waals surface area contributed by atoms with Crippen molar-refractivity contribution in [1.29, 1.82) is 0 Å². The molecule has 0 aliphatic rings. The molecule has 0 bridgehead atoms. The molecule has 0 fully saturated rings. The van der Waals surface area contributed by atoms with Crippen LogP contribution in [0, 0.1) is 0 Å². The van der Waals surface area contributed by atoms with Gasteiger partial charge in [-0.1, -0.05) is 12.1 Å². The molecule has 1 aromatic carbocycles. The van der Waals surface area contributed by atoms with Crippen molar-refractivity contribution in [3.05, 3.63) is 29.8 Å². The lowest BCUT2D eigenvalue weighted by molar-refractivity contribution is 0.969. The van der Waals surface area contributed by atoms with Gasteiger partial charge in [-0.05, 0) is 30.7 Å². The second-order valence-corrected chi connectivity index (χ2v) is 2.28. The number of anilines is 1. The molecule has 11 heavy (non-hydrogen) atoms. The van der Waals surface area contributed by atoms with E-state index in [0.29, 0.717) is 6.54 Å². The van der Waals surface area contributed by atoms with Gasteiger partial charge >= 0.3 is 0 Å². The standard InChI is InChI=1S/C8H12N2.H3N/c9-6-5-7-1-3-8(10)4-2-7;/h1-4H,5-6,9-10H2;1H3. The van der Waals surface area contributed by atoms with E-state index in [1.807, 2.05) is 24.3 Å². The van der Waals surface area contributed by atoms with Crippen LogP contribution in [0.1, 0.15) is 5.56 Å². The van der Waals surface area contributed by atoms with Gasteiger partial charge in [0.2, 0.25) is 0 Å². The molecule has 7 N–H and O–H groups in total. The summed E-state index contributed by atoms with van der Waals surface area (Å²) in [6, 6.07) is 7.79. The Bertz CT molecular complexity index is 193. The first-order chi connectivity index (χ1) is 4.83. The van der Waals surface area contributed by atoms with E-state index >= 15 is 0 Å². The van der Waals surface area contributed by atoms with Crippen molar-refractivity contribution in [2.24, 2.45) is 5.73 Å². The number of hydrogen-bond acceptors (Lipinski definition) is 3. The van der Waals surface area contributed by atoms with Gasteiger partial charge in [0.1, 0.15) is 0 Å².